The Kier molecular flexibility index (Phi) is 20.8. The molecule has 1 aromatic heterocycles. The molecule has 0 saturated heterocycles. The second kappa shape index (κ2) is 26.1. The van der Waals surface area contributed by atoms with Gasteiger partial charge in [-0.1, -0.05) is 42.5 Å². The maximum Gasteiger partial charge on any atom is 0.326 e. The fourth-order valence-electron chi connectivity index (χ4n) is 6.91. The number of rotatable bonds is 27. The lowest BCUT2D eigenvalue weighted by molar-refractivity contribution is -0.142. The summed E-state index contributed by atoms with van der Waals surface area (Å²) < 4.78 is 0. The second-order valence-electron chi connectivity index (χ2n) is 15.4. The number of phenols is 2. The number of aromatic nitrogens is 1. The van der Waals surface area contributed by atoms with Crippen molar-refractivity contribution in [1.29, 1.82) is 0 Å². The van der Waals surface area contributed by atoms with Crippen molar-refractivity contribution in [1.82, 2.24) is 31.6 Å². The van der Waals surface area contributed by atoms with Crippen molar-refractivity contribution in [3.8, 4) is 11.5 Å². The van der Waals surface area contributed by atoms with Gasteiger partial charge >= 0.3 is 5.97 Å². The predicted molar refractivity (Wildman–Crippen MR) is 250 cm³/mol. The number of nitrogens with two attached hydrogens (primary N) is 2. The highest BCUT2D eigenvalue weighted by atomic mass is 32.2. The van der Waals surface area contributed by atoms with Crippen LogP contribution in [0.1, 0.15) is 48.8 Å². The number of thioether (sulfide) groups is 2. The van der Waals surface area contributed by atoms with Gasteiger partial charge in [-0.15, -0.1) is 0 Å². The number of para-hydroxylation sites is 1. The van der Waals surface area contributed by atoms with Crippen LogP contribution in [0.25, 0.3) is 10.9 Å². The first-order valence-corrected chi connectivity index (χ1v) is 23.8. The standard InChI is InChI=1S/C45H60N8O9S2/c1-63-21-18-36(42(58)53-39(24-28-12-16-31(55)17-13-28)44(60)51-37(45(61)62)19-22-64-2)50-43(59)38(23-27-10-14-30(54)15-11-27)52-41(57)35(9-5-6-20-46)49-40(56)33(47)25-29-26-48-34-8-4-3-7-32(29)34/h3-4,7-8,10-17,26,33,35-39,48,54-55H,5-6,9,18-25,46-47H2,1-2H3,(H,49,56)(H,50,59)(H,51,60)(H,52,57)(H,53,58)(H,61,62)/t33-,35-,36-,37+,38-,39-/m0/s1. The van der Waals surface area contributed by atoms with E-state index in [-0.39, 0.29) is 50.0 Å². The number of phenolic OH excluding ortho intramolecular Hbond substituents is 2. The molecule has 3 aromatic carbocycles. The number of carbonyl (C=O) groups is 6. The number of carbonyl (C=O) groups excluding carboxylic acids is 5. The van der Waals surface area contributed by atoms with Gasteiger partial charge in [0, 0.05) is 29.9 Å². The van der Waals surface area contributed by atoms with Crippen LogP contribution >= 0.6 is 23.5 Å². The second-order valence-corrected chi connectivity index (χ2v) is 17.4. The fraction of sp³-hybridized carbons (Fsp3) is 0.422. The Morgan fingerprint density at radius 2 is 1.05 bits per heavy atom. The number of unbranched alkanes of at least 4 members (excludes halogenated alkanes) is 1. The first kappa shape index (κ1) is 50.9. The molecular weight excluding hydrogens is 861 g/mol. The first-order valence-electron chi connectivity index (χ1n) is 21.0. The summed E-state index contributed by atoms with van der Waals surface area (Å²) in [5.41, 5.74) is 15.0. The Hall–Kier alpha value is -5.76. The number of H-pyrrole nitrogens is 1. The summed E-state index contributed by atoms with van der Waals surface area (Å²) in [6.45, 7) is 0.351. The lowest BCUT2D eigenvalue weighted by Crippen LogP contribution is -2.60. The van der Waals surface area contributed by atoms with E-state index in [1.165, 1.54) is 47.8 Å². The Balaban J connectivity index is 1.57. The zero-order valence-corrected chi connectivity index (χ0v) is 37.6. The number of aromatic hydroxyl groups is 2. The number of amides is 5. The smallest absolute Gasteiger partial charge is 0.326 e. The highest BCUT2D eigenvalue weighted by Gasteiger charge is 2.33. The van der Waals surface area contributed by atoms with Crippen LogP contribution in [0.5, 0.6) is 11.5 Å². The molecule has 13 N–H and O–H groups in total. The minimum Gasteiger partial charge on any atom is -0.508 e. The normalized spacial score (nSPS) is 14.0. The SMILES string of the molecule is CSCC[C@H](NC(=O)[C@H](Cc1ccc(O)cc1)NC(=O)[C@H](CCCCN)NC(=O)[C@@H](N)Cc1c[nH]c2ccccc12)C(=O)N[C@@H](Cc1ccc(O)cc1)C(=O)N[C@H](CCSC)C(=O)O. The summed E-state index contributed by atoms with van der Waals surface area (Å²) in [6, 6.07) is 12.5. The van der Waals surface area contributed by atoms with Crippen LogP contribution in [0.3, 0.4) is 0 Å². The van der Waals surface area contributed by atoms with Crippen LogP contribution in [-0.2, 0) is 48.0 Å². The zero-order chi connectivity index (χ0) is 46.6. The van der Waals surface area contributed by atoms with Gasteiger partial charge in [-0.25, -0.2) is 4.79 Å². The number of hydrogen-bond donors (Lipinski definition) is 11. The van der Waals surface area contributed by atoms with E-state index in [1.807, 2.05) is 36.8 Å². The molecule has 0 bridgehead atoms. The third-order valence-electron chi connectivity index (χ3n) is 10.5. The van der Waals surface area contributed by atoms with Gasteiger partial charge in [-0.05, 0) is 116 Å². The monoisotopic (exact) mass is 920 g/mol. The topological polar surface area (TPSA) is 291 Å². The summed E-state index contributed by atoms with van der Waals surface area (Å²) >= 11 is 2.83. The molecule has 5 amide bonds. The van der Waals surface area contributed by atoms with Gasteiger partial charge in [0.05, 0.1) is 6.04 Å². The molecule has 0 radical (unpaired) electrons. The third-order valence-corrected chi connectivity index (χ3v) is 11.8. The molecule has 0 aliphatic carbocycles. The molecule has 0 unspecified atom stereocenters. The summed E-state index contributed by atoms with van der Waals surface area (Å²) in [7, 11) is 0. The van der Waals surface area contributed by atoms with Crippen LogP contribution in [0.2, 0.25) is 0 Å². The van der Waals surface area contributed by atoms with Gasteiger partial charge in [0.2, 0.25) is 29.5 Å². The van der Waals surface area contributed by atoms with Gasteiger partial charge < -0.3 is 58.4 Å². The molecule has 1 heterocycles. The Labute approximate surface area is 381 Å². The van der Waals surface area contributed by atoms with Crippen LogP contribution < -0.4 is 38.1 Å². The van der Waals surface area contributed by atoms with Crippen molar-refractivity contribution in [2.75, 3.05) is 30.6 Å². The lowest BCUT2D eigenvalue weighted by atomic mass is 10.0. The van der Waals surface area contributed by atoms with E-state index in [4.69, 9.17) is 11.5 Å². The fourth-order valence-corrected chi connectivity index (χ4v) is 7.85. The van der Waals surface area contributed by atoms with Gasteiger partial charge in [-0.3, -0.25) is 24.0 Å². The quantitative estimate of drug-likeness (QED) is 0.0383. The zero-order valence-electron chi connectivity index (χ0n) is 36.0. The molecule has 19 heteroatoms. The van der Waals surface area contributed by atoms with Crippen molar-refractivity contribution < 1.29 is 44.1 Å². The molecule has 0 aliphatic heterocycles. The lowest BCUT2D eigenvalue weighted by Gasteiger charge is -2.27. The minimum absolute atomic E-state index is 0.0140. The molecule has 0 aliphatic rings. The van der Waals surface area contributed by atoms with Crippen LogP contribution in [0, 0.1) is 0 Å². The Bertz CT molecular complexity index is 2160. The Morgan fingerprint density at radius 3 is 1.56 bits per heavy atom. The highest BCUT2D eigenvalue weighted by Crippen LogP contribution is 2.19. The molecular formula is C45H60N8O9S2. The summed E-state index contributed by atoms with van der Waals surface area (Å²) in [5.74, 6) is -3.88. The van der Waals surface area contributed by atoms with E-state index in [1.54, 1.807) is 30.5 Å². The van der Waals surface area contributed by atoms with Crippen molar-refractivity contribution in [3.63, 3.8) is 0 Å². The number of aromatic amines is 1. The molecule has 346 valence electrons. The molecule has 0 fully saturated rings. The van der Waals surface area contributed by atoms with E-state index in [0.717, 1.165) is 16.5 Å². The predicted octanol–water partition coefficient (Wildman–Crippen LogP) is 2.08. The average molecular weight is 921 g/mol. The van der Waals surface area contributed by atoms with E-state index in [0.29, 0.717) is 42.0 Å². The van der Waals surface area contributed by atoms with Crippen molar-refractivity contribution >= 4 is 69.9 Å². The molecule has 6 atom stereocenters. The molecule has 17 nitrogen and oxygen atoms in total. The number of carboxylic acids is 1. The molecule has 0 spiro atoms. The molecule has 4 rings (SSSR count). The summed E-state index contributed by atoms with van der Waals surface area (Å²) in [4.78, 5) is 85.1. The van der Waals surface area contributed by atoms with Crippen molar-refractivity contribution in [2.45, 2.75) is 87.6 Å². The van der Waals surface area contributed by atoms with E-state index in [9.17, 15) is 44.1 Å². The number of carboxylic acid groups (broad SMARTS) is 1. The van der Waals surface area contributed by atoms with Gasteiger partial charge in [0.15, 0.2) is 0 Å². The van der Waals surface area contributed by atoms with Crippen LogP contribution in [0.4, 0.5) is 0 Å². The highest BCUT2D eigenvalue weighted by molar-refractivity contribution is 7.98. The van der Waals surface area contributed by atoms with Gasteiger partial charge in [-0.2, -0.15) is 23.5 Å². The van der Waals surface area contributed by atoms with E-state index in [2.05, 4.69) is 31.6 Å². The summed E-state index contributed by atoms with van der Waals surface area (Å²) in [5, 5.41) is 44.1. The third kappa shape index (κ3) is 16.1. The van der Waals surface area contributed by atoms with Crippen molar-refractivity contribution in [3.05, 3.63) is 95.7 Å². The largest absolute Gasteiger partial charge is 0.508 e. The maximum absolute atomic E-state index is 14.3. The average Bonchev–Trinajstić information content (AvgIpc) is 3.69. The number of nitrogens with one attached hydrogen (secondary N) is 6. The molecule has 0 saturated carbocycles. The molecule has 64 heavy (non-hydrogen) atoms. The maximum atomic E-state index is 14.3. The van der Waals surface area contributed by atoms with Crippen LogP contribution in [0.15, 0.2) is 79.0 Å². The number of fused-ring (bicyclic) bond motifs is 1. The van der Waals surface area contributed by atoms with Crippen LogP contribution in [-0.4, -0.2) is 123 Å². The van der Waals surface area contributed by atoms with Gasteiger partial charge in [0.25, 0.3) is 0 Å². The van der Waals surface area contributed by atoms with Crippen molar-refractivity contribution in [2.24, 2.45) is 11.5 Å². The first-order chi connectivity index (χ1) is 30.7. The van der Waals surface area contributed by atoms with E-state index < -0.39 is 71.8 Å². The summed E-state index contributed by atoms with van der Waals surface area (Å²) in [6.07, 6.45) is 6.93. The number of hydrogen-bond acceptors (Lipinski definition) is 12. The number of benzene rings is 3. The minimum atomic E-state index is -1.29. The van der Waals surface area contributed by atoms with Gasteiger partial charge in [0.1, 0.15) is 41.7 Å². The van der Waals surface area contributed by atoms with E-state index >= 15 is 0 Å². The molecule has 4 aromatic rings. The Morgan fingerprint density at radius 1 is 0.594 bits per heavy atom. The number of aliphatic carboxylic acids is 1.